The lowest BCUT2D eigenvalue weighted by atomic mass is 10.3. The fraction of sp³-hybridized carbons (Fsp3) is 0.438. The predicted molar refractivity (Wildman–Crippen MR) is 106 cm³/mol. The standard InChI is InChI=1S/C16H22N6O2.HI/c1-12-10-21(7-8-24-12)16(17)18-9-13-11-22(20-19-13)14-3-5-15(23-2)6-4-14;/h3-6,11-12H,7-10H2,1-2H3,(H2,17,18);1H. The summed E-state index contributed by atoms with van der Waals surface area (Å²) in [5, 5.41) is 8.27. The van der Waals surface area contributed by atoms with Crippen LogP contribution in [0.1, 0.15) is 12.6 Å². The van der Waals surface area contributed by atoms with Crippen molar-refractivity contribution < 1.29 is 9.47 Å². The maximum atomic E-state index is 6.06. The van der Waals surface area contributed by atoms with Crippen molar-refractivity contribution in [2.24, 2.45) is 10.7 Å². The summed E-state index contributed by atoms with van der Waals surface area (Å²) in [6.07, 6.45) is 2.02. The van der Waals surface area contributed by atoms with Crippen LogP contribution in [-0.4, -0.2) is 58.8 Å². The van der Waals surface area contributed by atoms with Gasteiger partial charge in [-0.2, -0.15) is 0 Å². The Morgan fingerprint density at radius 2 is 2.16 bits per heavy atom. The van der Waals surface area contributed by atoms with E-state index >= 15 is 0 Å². The quantitative estimate of drug-likeness (QED) is 0.424. The van der Waals surface area contributed by atoms with Crippen LogP contribution in [0.5, 0.6) is 5.75 Å². The molecule has 0 aliphatic carbocycles. The number of aliphatic imine (C=N–C) groups is 1. The number of ether oxygens (including phenoxy) is 2. The number of rotatable bonds is 4. The molecule has 1 unspecified atom stereocenters. The van der Waals surface area contributed by atoms with Crippen molar-refractivity contribution in [2.45, 2.75) is 19.6 Å². The summed E-state index contributed by atoms with van der Waals surface area (Å²) in [5.41, 5.74) is 7.73. The summed E-state index contributed by atoms with van der Waals surface area (Å²) in [7, 11) is 1.64. The minimum Gasteiger partial charge on any atom is -0.497 e. The molecular weight excluding hydrogens is 435 g/mol. The van der Waals surface area contributed by atoms with Gasteiger partial charge < -0.3 is 20.1 Å². The highest BCUT2D eigenvalue weighted by atomic mass is 127. The van der Waals surface area contributed by atoms with Gasteiger partial charge in [-0.25, -0.2) is 9.67 Å². The second-order valence-corrected chi connectivity index (χ2v) is 5.65. The van der Waals surface area contributed by atoms with Crippen molar-refractivity contribution >= 4 is 29.9 Å². The molecule has 0 bridgehead atoms. The van der Waals surface area contributed by atoms with E-state index in [4.69, 9.17) is 15.2 Å². The number of guanidine groups is 1. The highest BCUT2D eigenvalue weighted by molar-refractivity contribution is 14.0. The Morgan fingerprint density at radius 1 is 1.40 bits per heavy atom. The molecule has 2 N–H and O–H groups in total. The molecule has 1 saturated heterocycles. The van der Waals surface area contributed by atoms with Gasteiger partial charge in [0.25, 0.3) is 0 Å². The lowest BCUT2D eigenvalue weighted by molar-refractivity contribution is 0.00528. The second-order valence-electron chi connectivity index (χ2n) is 5.65. The highest BCUT2D eigenvalue weighted by Crippen LogP contribution is 2.14. The van der Waals surface area contributed by atoms with Crippen LogP contribution in [0.15, 0.2) is 35.5 Å². The van der Waals surface area contributed by atoms with Gasteiger partial charge >= 0.3 is 0 Å². The molecule has 1 atom stereocenters. The van der Waals surface area contributed by atoms with Gasteiger partial charge in [0.15, 0.2) is 5.96 Å². The Morgan fingerprint density at radius 3 is 2.84 bits per heavy atom. The Balaban J connectivity index is 0.00000225. The van der Waals surface area contributed by atoms with Crippen molar-refractivity contribution in [1.82, 2.24) is 19.9 Å². The van der Waals surface area contributed by atoms with Gasteiger partial charge in [0.2, 0.25) is 0 Å². The monoisotopic (exact) mass is 458 g/mol. The third-order valence-electron chi connectivity index (χ3n) is 3.85. The molecule has 0 amide bonds. The molecule has 0 saturated carbocycles. The van der Waals surface area contributed by atoms with E-state index in [0.717, 1.165) is 30.2 Å². The number of nitrogens with zero attached hydrogens (tertiary/aromatic N) is 5. The lowest BCUT2D eigenvalue weighted by Gasteiger charge is -2.31. The molecule has 1 aliphatic heterocycles. The normalized spacial score (nSPS) is 17.9. The first-order valence-corrected chi connectivity index (χ1v) is 7.88. The Labute approximate surface area is 164 Å². The Bertz CT molecular complexity index is 703. The zero-order chi connectivity index (χ0) is 16.9. The third kappa shape index (κ3) is 5.05. The molecule has 1 fully saturated rings. The molecule has 1 aromatic heterocycles. The summed E-state index contributed by atoms with van der Waals surface area (Å²) in [5.74, 6) is 1.32. The zero-order valence-electron chi connectivity index (χ0n) is 14.3. The van der Waals surface area contributed by atoms with E-state index in [1.54, 1.807) is 11.8 Å². The van der Waals surface area contributed by atoms with Crippen LogP contribution in [-0.2, 0) is 11.3 Å². The van der Waals surface area contributed by atoms with Crippen molar-refractivity contribution in [3.05, 3.63) is 36.2 Å². The van der Waals surface area contributed by atoms with Crippen LogP contribution in [0.2, 0.25) is 0 Å². The van der Waals surface area contributed by atoms with Crippen molar-refractivity contribution in [3.8, 4) is 11.4 Å². The minimum atomic E-state index is 0. The van der Waals surface area contributed by atoms with Crippen LogP contribution >= 0.6 is 24.0 Å². The molecular formula is C16H23IN6O2. The second kappa shape index (κ2) is 8.99. The summed E-state index contributed by atoms with van der Waals surface area (Å²) < 4.78 is 12.4. The van der Waals surface area contributed by atoms with E-state index in [2.05, 4.69) is 15.3 Å². The summed E-state index contributed by atoms with van der Waals surface area (Å²) >= 11 is 0. The van der Waals surface area contributed by atoms with E-state index in [1.807, 2.05) is 42.3 Å². The van der Waals surface area contributed by atoms with Crippen molar-refractivity contribution in [3.63, 3.8) is 0 Å². The van der Waals surface area contributed by atoms with Crippen molar-refractivity contribution in [1.29, 1.82) is 0 Å². The van der Waals surface area contributed by atoms with E-state index in [1.165, 1.54) is 0 Å². The van der Waals surface area contributed by atoms with Crippen LogP contribution in [0.3, 0.4) is 0 Å². The van der Waals surface area contributed by atoms with Crippen LogP contribution in [0, 0.1) is 0 Å². The summed E-state index contributed by atoms with van der Waals surface area (Å²) in [6.45, 7) is 4.62. The lowest BCUT2D eigenvalue weighted by Crippen LogP contribution is -2.47. The van der Waals surface area contributed by atoms with Gasteiger partial charge in [-0.1, -0.05) is 5.21 Å². The van der Waals surface area contributed by atoms with E-state index < -0.39 is 0 Å². The summed E-state index contributed by atoms with van der Waals surface area (Å²) in [6, 6.07) is 7.60. The number of halogens is 1. The summed E-state index contributed by atoms with van der Waals surface area (Å²) in [4.78, 5) is 6.45. The average Bonchev–Trinajstić information content (AvgIpc) is 3.09. The topological polar surface area (TPSA) is 90.8 Å². The van der Waals surface area contributed by atoms with E-state index in [-0.39, 0.29) is 30.1 Å². The molecule has 1 aliphatic rings. The number of hydrogen-bond donors (Lipinski definition) is 1. The number of aromatic nitrogens is 3. The van der Waals surface area contributed by atoms with Crippen LogP contribution in [0.4, 0.5) is 0 Å². The largest absolute Gasteiger partial charge is 0.497 e. The fourth-order valence-corrected chi connectivity index (χ4v) is 2.52. The Kier molecular flexibility index (Phi) is 7.00. The van der Waals surface area contributed by atoms with E-state index in [9.17, 15) is 0 Å². The number of methoxy groups -OCH3 is 1. The molecule has 25 heavy (non-hydrogen) atoms. The Hall–Kier alpha value is -1.88. The van der Waals surface area contributed by atoms with Crippen LogP contribution in [0.25, 0.3) is 5.69 Å². The molecule has 2 aromatic rings. The van der Waals surface area contributed by atoms with Crippen LogP contribution < -0.4 is 10.5 Å². The zero-order valence-corrected chi connectivity index (χ0v) is 16.7. The maximum Gasteiger partial charge on any atom is 0.191 e. The molecule has 3 rings (SSSR count). The van der Waals surface area contributed by atoms with E-state index in [0.29, 0.717) is 19.1 Å². The molecule has 2 heterocycles. The average molecular weight is 458 g/mol. The smallest absolute Gasteiger partial charge is 0.191 e. The maximum absolute atomic E-state index is 6.06. The highest BCUT2D eigenvalue weighted by Gasteiger charge is 2.18. The molecule has 136 valence electrons. The molecule has 8 nitrogen and oxygen atoms in total. The molecule has 1 aromatic carbocycles. The van der Waals surface area contributed by atoms with Gasteiger partial charge in [0.1, 0.15) is 11.4 Å². The fourth-order valence-electron chi connectivity index (χ4n) is 2.52. The molecule has 0 spiro atoms. The number of morpholine rings is 1. The minimum absolute atomic E-state index is 0. The van der Waals surface area contributed by atoms with Gasteiger partial charge in [0, 0.05) is 13.1 Å². The molecule has 9 heteroatoms. The van der Waals surface area contributed by atoms with Crippen molar-refractivity contribution in [2.75, 3.05) is 26.8 Å². The first-order chi connectivity index (χ1) is 11.7. The predicted octanol–water partition coefficient (Wildman–Crippen LogP) is 1.43. The van der Waals surface area contributed by atoms with Gasteiger partial charge in [0.05, 0.1) is 38.2 Å². The number of hydrogen-bond acceptors (Lipinski definition) is 5. The number of benzene rings is 1. The SMILES string of the molecule is COc1ccc(-n2cc(CN=C(N)N3CCOC(C)C3)nn2)cc1.I. The number of nitrogens with two attached hydrogens (primary N) is 1. The van der Waals surface area contributed by atoms with Gasteiger partial charge in [-0.05, 0) is 31.2 Å². The molecule has 0 radical (unpaired) electrons. The first-order valence-electron chi connectivity index (χ1n) is 7.88. The first kappa shape index (κ1) is 19.4. The third-order valence-corrected chi connectivity index (χ3v) is 3.85. The van der Waals surface area contributed by atoms with Gasteiger partial charge in [-0.3, -0.25) is 0 Å². The van der Waals surface area contributed by atoms with Gasteiger partial charge in [-0.15, -0.1) is 29.1 Å².